The summed E-state index contributed by atoms with van der Waals surface area (Å²) in [4.78, 5) is 36.8. The molecule has 0 aliphatic heterocycles. The Labute approximate surface area is 139 Å². The first kappa shape index (κ1) is 17.7. The normalized spacial score (nSPS) is 16.0. The largest absolute Gasteiger partial charge is 0.451 e. The number of carbonyl (C=O) groups is 2. The number of ether oxygens (including phenoxy) is 1. The second kappa shape index (κ2) is 7.25. The van der Waals surface area contributed by atoms with Crippen LogP contribution in [0, 0.1) is 11.3 Å². The van der Waals surface area contributed by atoms with Crippen LogP contribution in [0.2, 0.25) is 0 Å². The lowest BCUT2D eigenvalue weighted by molar-refractivity contribution is -0.138. The summed E-state index contributed by atoms with van der Waals surface area (Å²) >= 11 is 0. The number of hydrogen-bond donors (Lipinski definition) is 0. The fraction of sp³-hybridized carbons (Fsp3) is 0.562. The van der Waals surface area contributed by atoms with Gasteiger partial charge >= 0.3 is 5.97 Å². The van der Waals surface area contributed by atoms with E-state index in [4.69, 9.17) is 4.74 Å². The maximum atomic E-state index is 12.3. The van der Waals surface area contributed by atoms with Gasteiger partial charge in [-0.1, -0.05) is 19.3 Å². The Bertz CT molecular complexity index is 728. The maximum absolute atomic E-state index is 12.3. The number of aromatic nitrogens is 2. The van der Waals surface area contributed by atoms with E-state index in [2.05, 4.69) is 11.2 Å². The number of esters is 1. The van der Waals surface area contributed by atoms with Gasteiger partial charge < -0.3 is 9.64 Å². The van der Waals surface area contributed by atoms with Crippen LogP contribution >= 0.6 is 0 Å². The smallest absolute Gasteiger partial charge is 0.359 e. The van der Waals surface area contributed by atoms with E-state index in [-0.39, 0.29) is 11.3 Å². The molecule has 24 heavy (non-hydrogen) atoms. The van der Waals surface area contributed by atoms with Gasteiger partial charge in [0.15, 0.2) is 12.3 Å². The van der Waals surface area contributed by atoms with E-state index in [1.807, 2.05) is 0 Å². The molecule has 0 bridgehead atoms. The minimum absolute atomic E-state index is 0.0554. The molecule has 1 aliphatic rings. The van der Waals surface area contributed by atoms with Crippen LogP contribution in [0.15, 0.2) is 16.9 Å². The number of nitrogens with zero attached hydrogens (tertiary/aromatic N) is 4. The van der Waals surface area contributed by atoms with Gasteiger partial charge in [0.25, 0.3) is 11.5 Å². The third kappa shape index (κ3) is 3.62. The zero-order chi connectivity index (χ0) is 17.7. The molecule has 1 amide bonds. The SMILES string of the molecule is CN(C(=O)COC(=O)c1ccc(=O)n(C)n1)C1(C#N)CCCCC1. The van der Waals surface area contributed by atoms with Crippen molar-refractivity contribution in [2.75, 3.05) is 13.7 Å². The van der Waals surface area contributed by atoms with E-state index in [0.717, 1.165) is 23.9 Å². The molecule has 0 radical (unpaired) electrons. The molecule has 1 heterocycles. The highest BCUT2D eigenvalue weighted by Gasteiger charge is 2.39. The lowest BCUT2D eigenvalue weighted by Crippen LogP contribution is -2.51. The molecule has 1 saturated carbocycles. The summed E-state index contributed by atoms with van der Waals surface area (Å²) in [6.45, 7) is -0.469. The highest BCUT2D eigenvalue weighted by Crippen LogP contribution is 2.32. The lowest BCUT2D eigenvalue weighted by Gasteiger charge is -2.38. The van der Waals surface area contributed by atoms with Crippen LogP contribution in [0.3, 0.4) is 0 Å². The number of carbonyl (C=O) groups excluding carboxylic acids is 2. The van der Waals surface area contributed by atoms with Crippen molar-refractivity contribution in [1.82, 2.24) is 14.7 Å². The van der Waals surface area contributed by atoms with Crippen LogP contribution in [-0.2, 0) is 16.6 Å². The third-order valence-electron chi connectivity index (χ3n) is 4.40. The molecule has 0 N–H and O–H groups in total. The molecule has 0 atom stereocenters. The Kier molecular flexibility index (Phi) is 5.34. The maximum Gasteiger partial charge on any atom is 0.359 e. The predicted octanol–water partition coefficient (Wildman–Crippen LogP) is 0.622. The second-order valence-corrected chi connectivity index (χ2v) is 5.91. The fourth-order valence-corrected chi connectivity index (χ4v) is 2.81. The first-order valence-electron chi connectivity index (χ1n) is 7.79. The zero-order valence-electron chi connectivity index (χ0n) is 13.8. The van der Waals surface area contributed by atoms with Crippen LogP contribution in [0.5, 0.6) is 0 Å². The summed E-state index contributed by atoms with van der Waals surface area (Å²) in [6, 6.07) is 4.69. The van der Waals surface area contributed by atoms with Crippen LogP contribution in [0.4, 0.5) is 0 Å². The molecule has 1 aliphatic carbocycles. The Morgan fingerprint density at radius 3 is 2.62 bits per heavy atom. The van der Waals surface area contributed by atoms with E-state index in [0.29, 0.717) is 12.8 Å². The number of hydrogen-bond acceptors (Lipinski definition) is 6. The minimum Gasteiger partial charge on any atom is -0.451 e. The van der Waals surface area contributed by atoms with Gasteiger partial charge in [-0.15, -0.1) is 0 Å². The van der Waals surface area contributed by atoms with Gasteiger partial charge in [-0.2, -0.15) is 10.4 Å². The summed E-state index contributed by atoms with van der Waals surface area (Å²) in [5.41, 5.74) is -1.23. The molecule has 1 fully saturated rings. The van der Waals surface area contributed by atoms with E-state index < -0.39 is 24.0 Å². The quantitative estimate of drug-likeness (QED) is 0.749. The van der Waals surface area contributed by atoms with Crippen LogP contribution in [-0.4, -0.2) is 45.8 Å². The predicted molar refractivity (Wildman–Crippen MR) is 84.0 cm³/mol. The highest BCUT2D eigenvalue weighted by molar-refractivity contribution is 5.89. The number of likely N-dealkylation sites (N-methyl/N-ethyl adjacent to an activating group) is 1. The summed E-state index contributed by atoms with van der Waals surface area (Å²) < 4.78 is 5.98. The monoisotopic (exact) mass is 332 g/mol. The fourth-order valence-electron chi connectivity index (χ4n) is 2.81. The highest BCUT2D eigenvalue weighted by atomic mass is 16.5. The number of aryl methyl sites for hydroxylation is 1. The molecule has 1 aromatic rings. The molecule has 0 aromatic carbocycles. The summed E-state index contributed by atoms with van der Waals surface area (Å²) in [7, 11) is 2.98. The topological polar surface area (TPSA) is 105 Å². The van der Waals surface area contributed by atoms with Gasteiger partial charge in [0, 0.05) is 20.2 Å². The van der Waals surface area contributed by atoms with Crippen molar-refractivity contribution in [2.24, 2.45) is 7.05 Å². The molecule has 0 spiro atoms. The van der Waals surface area contributed by atoms with Crippen molar-refractivity contribution in [3.05, 3.63) is 28.2 Å². The molecule has 8 heteroatoms. The number of rotatable bonds is 4. The van der Waals surface area contributed by atoms with Crippen LogP contribution in [0.25, 0.3) is 0 Å². The second-order valence-electron chi connectivity index (χ2n) is 5.91. The zero-order valence-corrected chi connectivity index (χ0v) is 13.8. The Morgan fingerprint density at radius 1 is 1.38 bits per heavy atom. The molecular formula is C16H20N4O4. The van der Waals surface area contributed by atoms with Gasteiger partial charge in [0.2, 0.25) is 0 Å². The summed E-state index contributed by atoms with van der Waals surface area (Å²) in [5, 5.41) is 13.2. The van der Waals surface area contributed by atoms with Gasteiger partial charge in [-0.05, 0) is 18.9 Å². The molecule has 1 aromatic heterocycles. The van der Waals surface area contributed by atoms with E-state index in [9.17, 15) is 19.6 Å². The Balaban J connectivity index is 1.99. The third-order valence-corrected chi connectivity index (χ3v) is 4.40. The first-order valence-corrected chi connectivity index (χ1v) is 7.79. The molecule has 0 saturated heterocycles. The first-order chi connectivity index (χ1) is 11.4. The van der Waals surface area contributed by atoms with Gasteiger partial charge in [0.05, 0.1) is 6.07 Å². The van der Waals surface area contributed by atoms with Crippen LogP contribution < -0.4 is 5.56 Å². The van der Waals surface area contributed by atoms with Crippen molar-refractivity contribution in [2.45, 2.75) is 37.6 Å². The molecule has 0 unspecified atom stereocenters. The minimum atomic E-state index is -0.823. The van der Waals surface area contributed by atoms with Crippen molar-refractivity contribution in [3.8, 4) is 6.07 Å². The Morgan fingerprint density at radius 2 is 2.04 bits per heavy atom. The number of amides is 1. The average molecular weight is 332 g/mol. The lowest BCUT2D eigenvalue weighted by atomic mass is 9.81. The Hall–Kier alpha value is -2.69. The van der Waals surface area contributed by atoms with Crippen molar-refractivity contribution < 1.29 is 14.3 Å². The van der Waals surface area contributed by atoms with Crippen molar-refractivity contribution >= 4 is 11.9 Å². The molecule has 8 nitrogen and oxygen atoms in total. The van der Waals surface area contributed by atoms with Crippen molar-refractivity contribution in [3.63, 3.8) is 0 Å². The summed E-state index contributed by atoms with van der Waals surface area (Å²) in [6.07, 6.45) is 4.10. The summed E-state index contributed by atoms with van der Waals surface area (Å²) in [5.74, 6) is -1.22. The van der Waals surface area contributed by atoms with E-state index in [1.165, 1.54) is 24.1 Å². The molecule has 2 rings (SSSR count). The molecule has 128 valence electrons. The van der Waals surface area contributed by atoms with Gasteiger partial charge in [-0.25, -0.2) is 9.48 Å². The van der Waals surface area contributed by atoms with Gasteiger partial charge in [0.1, 0.15) is 5.54 Å². The van der Waals surface area contributed by atoms with Crippen molar-refractivity contribution in [1.29, 1.82) is 5.26 Å². The van der Waals surface area contributed by atoms with Gasteiger partial charge in [-0.3, -0.25) is 9.59 Å². The average Bonchev–Trinajstić information content (AvgIpc) is 2.61. The molecular weight excluding hydrogens is 312 g/mol. The number of nitriles is 1. The standard InChI is InChI=1S/C16H20N4O4/c1-19(16(11-17)8-4-3-5-9-16)14(22)10-24-15(23)12-6-7-13(21)20(2)18-12/h6-7H,3-5,8-10H2,1-2H3. The van der Waals surface area contributed by atoms with E-state index in [1.54, 1.807) is 7.05 Å². The van der Waals surface area contributed by atoms with Crippen LogP contribution in [0.1, 0.15) is 42.6 Å². The van der Waals surface area contributed by atoms with E-state index >= 15 is 0 Å².